The fourth-order valence-corrected chi connectivity index (χ4v) is 4.95. The van der Waals surface area contributed by atoms with E-state index >= 15 is 0 Å². The summed E-state index contributed by atoms with van der Waals surface area (Å²) < 4.78 is 0. The molecule has 3 atom stereocenters. The van der Waals surface area contributed by atoms with Gasteiger partial charge in [-0.25, -0.2) is 0 Å². The molecule has 120 valence electrons. The van der Waals surface area contributed by atoms with Gasteiger partial charge in [-0.2, -0.15) is 5.26 Å². The fraction of sp³-hybridized carbons (Fsp3) is 0.444. The summed E-state index contributed by atoms with van der Waals surface area (Å²) >= 11 is 1.46. The second-order valence-electron chi connectivity index (χ2n) is 6.45. The number of thioether (sulfide) groups is 1. The van der Waals surface area contributed by atoms with Crippen LogP contribution in [0.25, 0.3) is 0 Å². The molecular formula is C18H21N3OS. The topological polar surface area (TPSA) is 78.9 Å². The first kappa shape index (κ1) is 16.1. The first-order valence-corrected chi connectivity index (χ1v) is 8.71. The van der Waals surface area contributed by atoms with Gasteiger partial charge in [0.05, 0.1) is 12.0 Å². The molecule has 23 heavy (non-hydrogen) atoms. The number of nitrogens with two attached hydrogens (primary N) is 1. The molecule has 1 aliphatic heterocycles. The summed E-state index contributed by atoms with van der Waals surface area (Å²) in [5, 5.41) is 12.7. The van der Waals surface area contributed by atoms with Gasteiger partial charge in [0.15, 0.2) is 4.99 Å². The Morgan fingerprint density at radius 2 is 2.09 bits per heavy atom. The second-order valence-corrected chi connectivity index (χ2v) is 7.79. The van der Waals surface area contributed by atoms with Crippen molar-refractivity contribution in [3.63, 3.8) is 0 Å². The zero-order chi connectivity index (χ0) is 16.7. The number of carbonyl (C=O) groups excluding carboxylic acids is 1. The predicted octanol–water partition coefficient (Wildman–Crippen LogP) is 3.23. The first-order valence-electron chi connectivity index (χ1n) is 7.90. The van der Waals surface area contributed by atoms with Crippen molar-refractivity contribution in [3.8, 4) is 6.07 Å². The van der Waals surface area contributed by atoms with Crippen molar-refractivity contribution in [1.29, 1.82) is 5.26 Å². The molecule has 5 heteroatoms. The van der Waals surface area contributed by atoms with Gasteiger partial charge in [0.2, 0.25) is 5.91 Å². The number of nitriles is 1. The fourth-order valence-electron chi connectivity index (χ4n) is 3.36. The summed E-state index contributed by atoms with van der Waals surface area (Å²) in [5.41, 5.74) is 7.72. The van der Waals surface area contributed by atoms with E-state index in [4.69, 9.17) is 5.73 Å². The molecule has 3 rings (SSSR count). The van der Waals surface area contributed by atoms with Crippen LogP contribution >= 0.6 is 11.8 Å². The predicted molar refractivity (Wildman–Crippen MR) is 92.1 cm³/mol. The Hall–Kier alpha value is -1.77. The van der Waals surface area contributed by atoms with Crippen molar-refractivity contribution in [2.75, 3.05) is 0 Å². The summed E-state index contributed by atoms with van der Waals surface area (Å²) in [5.74, 6) is -0.454. The molecule has 0 bridgehead atoms. The zero-order valence-corrected chi connectivity index (χ0v) is 14.2. The van der Waals surface area contributed by atoms with E-state index in [0.29, 0.717) is 0 Å². The van der Waals surface area contributed by atoms with Gasteiger partial charge in [-0.15, -0.1) is 0 Å². The Labute approximate surface area is 141 Å². The van der Waals surface area contributed by atoms with Crippen LogP contribution in [-0.2, 0) is 4.79 Å². The van der Waals surface area contributed by atoms with Crippen LogP contribution in [0, 0.1) is 16.7 Å². The number of hydrogen-bond acceptors (Lipinski definition) is 4. The molecular weight excluding hydrogens is 306 g/mol. The Balaban J connectivity index is 1.82. The first-order chi connectivity index (χ1) is 10.9. The highest BCUT2D eigenvalue weighted by atomic mass is 32.2. The average Bonchev–Trinajstić information content (AvgIpc) is 3.08. The number of amides is 1. The standard InChI is InChI=1S/C18H21N3OS/c1-12(13-7-4-3-5-8-13)16(22)21-18(20)17(2,11-19)14-9-6-10-15(14)23-18/h3-5,7-8,12H,6,9-10,20H2,1-2H3,(H,21,22). The third-order valence-corrected chi connectivity index (χ3v) is 6.55. The SMILES string of the molecule is CC(C(=O)NC1(N)SC2=C(CCC2)C1(C)C#N)c1ccccc1. The Morgan fingerprint density at radius 1 is 1.39 bits per heavy atom. The van der Waals surface area contributed by atoms with Gasteiger partial charge >= 0.3 is 0 Å². The Morgan fingerprint density at radius 3 is 2.74 bits per heavy atom. The Kier molecular flexibility index (Phi) is 3.99. The number of nitrogens with one attached hydrogen (secondary N) is 1. The number of rotatable bonds is 3. The average molecular weight is 327 g/mol. The smallest absolute Gasteiger partial charge is 0.229 e. The highest BCUT2D eigenvalue weighted by Gasteiger charge is 2.57. The monoisotopic (exact) mass is 327 g/mol. The molecule has 0 spiro atoms. The highest BCUT2D eigenvalue weighted by molar-refractivity contribution is 8.04. The lowest BCUT2D eigenvalue weighted by atomic mass is 9.79. The Bertz CT molecular complexity index is 709. The van der Waals surface area contributed by atoms with Crippen LogP contribution in [0.2, 0.25) is 0 Å². The van der Waals surface area contributed by atoms with Crippen LogP contribution in [-0.4, -0.2) is 10.9 Å². The minimum atomic E-state index is -1.09. The second kappa shape index (κ2) is 5.70. The number of benzene rings is 1. The maximum absolute atomic E-state index is 12.7. The molecule has 0 aromatic heterocycles. The summed E-state index contributed by atoms with van der Waals surface area (Å²) in [7, 11) is 0. The molecule has 0 radical (unpaired) electrons. The van der Waals surface area contributed by atoms with Crippen LogP contribution in [0.15, 0.2) is 40.8 Å². The lowest BCUT2D eigenvalue weighted by Gasteiger charge is -2.38. The van der Waals surface area contributed by atoms with E-state index < -0.39 is 10.4 Å². The third kappa shape index (κ3) is 2.46. The van der Waals surface area contributed by atoms with Gasteiger partial charge in [0.25, 0.3) is 0 Å². The summed E-state index contributed by atoms with van der Waals surface area (Å²) in [6, 6.07) is 12.0. The molecule has 1 aromatic carbocycles. The molecule has 3 N–H and O–H groups in total. The van der Waals surface area contributed by atoms with Gasteiger partial charge in [-0.3, -0.25) is 10.5 Å². The van der Waals surface area contributed by atoms with Crippen LogP contribution in [0.4, 0.5) is 0 Å². The molecule has 1 amide bonds. The maximum Gasteiger partial charge on any atom is 0.229 e. The number of carbonyl (C=O) groups is 1. The molecule has 0 fully saturated rings. The lowest BCUT2D eigenvalue weighted by molar-refractivity contribution is -0.123. The van der Waals surface area contributed by atoms with E-state index in [-0.39, 0.29) is 11.8 Å². The molecule has 1 aromatic rings. The minimum Gasteiger partial charge on any atom is -0.327 e. The molecule has 3 unspecified atom stereocenters. The van der Waals surface area contributed by atoms with Gasteiger partial charge in [-0.1, -0.05) is 42.1 Å². The largest absolute Gasteiger partial charge is 0.327 e. The lowest BCUT2D eigenvalue weighted by Crippen LogP contribution is -2.62. The van der Waals surface area contributed by atoms with Gasteiger partial charge < -0.3 is 5.32 Å². The summed E-state index contributed by atoms with van der Waals surface area (Å²) in [6.45, 7) is 3.71. The van der Waals surface area contributed by atoms with Crippen molar-refractivity contribution in [1.82, 2.24) is 5.32 Å². The molecule has 0 saturated carbocycles. The van der Waals surface area contributed by atoms with E-state index in [1.54, 1.807) is 0 Å². The molecule has 0 saturated heterocycles. The van der Waals surface area contributed by atoms with E-state index in [2.05, 4.69) is 11.4 Å². The third-order valence-electron chi connectivity index (χ3n) is 5.02. The molecule has 2 aliphatic rings. The van der Waals surface area contributed by atoms with E-state index in [0.717, 1.165) is 30.4 Å². The van der Waals surface area contributed by atoms with Gasteiger partial charge in [0, 0.05) is 0 Å². The van der Waals surface area contributed by atoms with Crippen LogP contribution in [0.5, 0.6) is 0 Å². The van der Waals surface area contributed by atoms with Crippen molar-refractivity contribution in [2.24, 2.45) is 11.1 Å². The van der Waals surface area contributed by atoms with E-state index in [9.17, 15) is 10.1 Å². The van der Waals surface area contributed by atoms with Crippen LogP contribution in [0.3, 0.4) is 0 Å². The van der Waals surface area contributed by atoms with Gasteiger partial charge in [0.1, 0.15) is 5.41 Å². The zero-order valence-electron chi connectivity index (χ0n) is 13.4. The van der Waals surface area contributed by atoms with Gasteiger partial charge in [-0.05, 0) is 49.2 Å². The quantitative estimate of drug-likeness (QED) is 0.835. The molecule has 1 heterocycles. The summed E-state index contributed by atoms with van der Waals surface area (Å²) in [4.78, 5) is 12.8. The van der Waals surface area contributed by atoms with Crippen molar-refractivity contribution < 1.29 is 4.79 Å². The molecule has 4 nitrogen and oxygen atoms in total. The van der Waals surface area contributed by atoms with Crippen LogP contribution in [0.1, 0.15) is 44.6 Å². The van der Waals surface area contributed by atoms with Crippen molar-refractivity contribution >= 4 is 17.7 Å². The number of allylic oxidation sites excluding steroid dienone is 1. The van der Waals surface area contributed by atoms with E-state index in [1.165, 1.54) is 16.7 Å². The highest BCUT2D eigenvalue weighted by Crippen LogP contribution is 2.59. The van der Waals surface area contributed by atoms with Crippen molar-refractivity contribution in [3.05, 3.63) is 46.4 Å². The number of hydrogen-bond donors (Lipinski definition) is 2. The summed E-state index contributed by atoms with van der Waals surface area (Å²) in [6.07, 6.45) is 2.93. The normalized spacial score (nSPS) is 30.7. The van der Waals surface area contributed by atoms with Crippen molar-refractivity contribution in [2.45, 2.75) is 44.0 Å². The van der Waals surface area contributed by atoms with Crippen LogP contribution < -0.4 is 11.1 Å². The van der Waals surface area contributed by atoms with E-state index in [1.807, 2.05) is 44.2 Å². The number of nitrogens with zero attached hydrogens (tertiary/aromatic N) is 1. The molecule has 1 aliphatic carbocycles. The minimum absolute atomic E-state index is 0.145. The maximum atomic E-state index is 12.7.